The lowest BCUT2D eigenvalue weighted by atomic mass is 10.0. The van der Waals surface area contributed by atoms with Gasteiger partial charge in [0, 0.05) is 17.5 Å². The van der Waals surface area contributed by atoms with Crippen LogP contribution in [0.4, 0.5) is 10.5 Å². The van der Waals surface area contributed by atoms with Crippen LogP contribution in [-0.2, 0) is 46.3 Å². The molecule has 0 spiro atoms. The number of nitrogens with one attached hydrogen (secondary N) is 4. The lowest BCUT2D eigenvalue weighted by Gasteiger charge is -2.29. The van der Waals surface area contributed by atoms with Gasteiger partial charge in [-0.25, -0.2) is 9.00 Å². The highest BCUT2D eigenvalue weighted by Gasteiger charge is 2.27. The van der Waals surface area contributed by atoms with Crippen molar-refractivity contribution >= 4 is 46.6 Å². The maximum absolute atomic E-state index is 12.6. The highest BCUT2D eigenvalue weighted by molar-refractivity contribution is 7.78. The lowest BCUT2D eigenvalue weighted by Crippen LogP contribution is -2.53. The molecule has 0 heterocycles. The van der Waals surface area contributed by atoms with Crippen LogP contribution in [0.2, 0.25) is 0 Å². The van der Waals surface area contributed by atoms with Gasteiger partial charge in [0.15, 0.2) is 0 Å². The number of carbonyl (C=O) groups excluding carboxylic acids is 4. The molecule has 4 amide bonds. The van der Waals surface area contributed by atoms with E-state index in [1.54, 1.807) is 52.0 Å². The van der Waals surface area contributed by atoms with Gasteiger partial charge < -0.3 is 46.1 Å². The topological polar surface area (TPSA) is 235 Å². The van der Waals surface area contributed by atoms with E-state index in [1.165, 1.54) is 6.26 Å². The fourth-order valence-electron chi connectivity index (χ4n) is 3.13. The predicted octanol–water partition coefficient (Wildman–Crippen LogP) is 1.98. The van der Waals surface area contributed by atoms with E-state index in [2.05, 4.69) is 26.0 Å². The van der Waals surface area contributed by atoms with Crippen molar-refractivity contribution in [1.29, 1.82) is 0 Å². The number of anilines is 1. The standard InChI is InChI=1S/C26H41N5O8.C2H6.CH4O2S/c1-16(2)22(31-21(34)12-28-19(32)11-26(5,6)39-15-25(3,4)27)23(35)29-13-20(33)30-18-9-7-17(8-10-18)14-38-24(36)37;1-2;1-4(2)3/h7-10,16,22H,11-15,27H2,1-6H3,(H,28,32)(H,29,35)(H,30,33)(H,31,34)(H,36,37);1-2H3;1H3,(H,2,3). The summed E-state index contributed by atoms with van der Waals surface area (Å²) in [4.78, 5) is 60.0. The number of hydrogen-bond donors (Lipinski definition) is 7. The van der Waals surface area contributed by atoms with Crippen LogP contribution < -0.4 is 27.0 Å². The zero-order valence-corrected chi connectivity index (χ0v) is 28.5. The Kier molecular flexibility index (Phi) is 21.3. The molecule has 0 aliphatic heterocycles. The Morgan fingerprint density at radius 2 is 1.44 bits per heavy atom. The molecule has 1 rings (SSSR count). The largest absolute Gasteiger partial charge is 0.506 e. The van der Waals surface area contributed by atoms with Crippen LogP contribution in [-0.4, -0.2) is 86.8 Å². The highest BCUT2D eigenvalue weighted by atomic mass is 32.2. The third-order valence-electron chi connectivity index (χ3n) is 5.16. The van der Waals surface area contributed by atoms with Crippen molar-refractivity contribution in [3.63, 3.8) is 0 Å². The smallest absolute Gasteiger partial charge is 0.450 e. The molecular formula is C29H51N5O10S. The van der Waals surface area contributed by atoms with Gasteiger partial charge in [-0.2, -0.15) is 0 Å². The molecule has 2 unspecified atom stereocenters. The molecule has 16 heteroatoms. The van der Waals surface area contributed by atoms with Gasteiger partial charge in [-0.15, -0.1) is 0 Å². The molecule has 1 aromatic rings. The van der Waals surface area contributed by atoms with Crippen molar-refractivity contribution in [2.24, 2.45) is 11.7 Å². The fourth-order valence-corrected chi connectivity index (χ4v) is 3.13. The summed E-state index contributed by atoms with van der Waals surface area (Å²) >= 11 is -1.61. The molecule has 0 aromatic heterocycles. The zero-order valence-electron chi connectivity index (χ0n) is 27.6. The molecule has 45 heavy (non-hydrogen) atoms. The predicted molar refractivity (Wildman–Crippen MR) is 172 cm³/mol. The number of benzene rings is 1. The molecule has 0 fully saturated rings. The summed E-state index contributed by atoms with van der Waals surface area (Å²) in [7, 11) is 0. The van der Waals surface area contributed by atoms with Crippen LogP contribution in [0.25, 0.3) is 0 Å². The van der Waals surface area contributed by atoms with Crippen molar-refractivity contribution in [3.8, 4) is 0 Å². The minimum absolute atomic E-state index is 0.0123. The number of carbonyl (C=O) groups is 5. The van der Waals surface area contributed by atoms with Crippen molar-refractivity contribution in [1.82, 2.24) is 16.0 Å². The second kappa shape index (κ2) is 22.0. The fraction of sp³-hybridized carbons (Fsp3) is 0.621. The number of nitrogens with two attached hydrogens (primary N) is 1. The van der Waals surface area contributed by atoms with Crippen molar-refractivity contribution < 1.29 is 47.3 Å². The van der Waals surface area contributed by atoms with Crippen LogP contribution >= 0.6 is 0 Å². The summed E-state index contributed by atoms with van der Waals surface area (Å²) in [5.74, 6) is -2.30. The van der Waals surface area contributed by atoms with Crippen molar-refractivity contribution in [2.75, 3.05) is 31.3 Å². The van der Waals surface area contributed by atoms with E-state index in [0.29, 0.717) is 11.3 Å². The van der Waals surface area contributed by atoms with Crippen molar-refractivity contribution in [3.05, 3.63) is 29.8 Å². The summed E-state index contributed by atoms with van der Waals surface area (Å²) < 4.78 is 26.8. The SMILES string of the molecule is CC.CC(C)C(NC(=O)CNC(=O)CC(C)(C)OCC(C)(C)N)C(=O)NCC(=O)Nc1ccc(COC(=O)O)cc1.CS(=O)O. The number of ether oxygens (including phenoxy) is 2. The minimum atomic E-state index is -1.61. The molecule has 258 valence electrons. The van der Waals surface area contributed by atoms with Crippen LogP contribution in [0.3, 0.4) is 0 Å². The van der Waals surface area contributed by atoms with E-state index < -0.39 is 58.0 Å². The summed E-state index contributed by atoms with van der Waals surface area (Å²) in [5, 5.41) is 18.7. The summed E-state index contributed by atoms with van der Waals surface area (Å²) in [6.45, 7) is 14.1. The van der Waals surface area contributed by atoms with Crippen LogP contribution in [0.5, 0.6) is 0 Å². The molecule has 15 nitrogen and oxygen atoms in total. The number of hydrogen-bond acceptors (Lipinski definition) is 9. The first kappa shape index (κ1) is 43.5. The van der Waals surface area contributed by atoms with Crippen LogP contribution in [0, 0.1) is 5.92 Å². The third-order valence-corrected chi connectivity index (χ3v) is 5.16. The van der Waals surface area contributed by atoms with E-state index in [9.17, 15) is 24.0 Å². The van der Waals surface area contributed by atoms with Gasteiger partial charge in [-0.05, 0) is 51.3 Å². The first-order chi connectivity index (χ1) is 20.7. The summed E-state index contributed by atoms with van der Waals surface area (Å²) in [6.07, 6.45) is -0.181. The second-order valence-electron chi connectivity index (χ2n) is 11.2. The van der Waals surface area contributed by atoms with E-state index in [0.717, 1.165) is 0 Å². The van der Waals surface area contributed by atoms with Crippen LogP contribution in [0.15, 0.2) is 24.3 Å². The third kappa shape index (κ3) is 24.4. The molecule has 0 radical (unpaired) electrons. The van der Waals surface area contributed by atoms with Gasteiger partial charge in [0.05, 0.1) is 31.7 Å². The molecule has 0 saturated carbocycles. The normalized spacial score (nSPS) is 12.2. The Morgan fingerprint density at radius 1 is 0.933 bits per heavy atom. The van der Waals surface area contributed by atoms with Crippen molar-refractivity contribution in [2.45, 2.75) is 85.6 Å². The molecule has 0 aliphatic carbocycles. The molecule has 2 atom stereocenters. The first-order valence-corrected chi connectivity index (χ1v) is 15.8. The summed E-state index contributed by atoms with van der Waals surface area (Å²) in [6, 6.07) is 5.39. The number of rotatable bonds is 15. The average molecular weight is 662 g/mol. The maximum Gasteiger partial charge on any atom is 0.506 e. The van der Waals surface area contributed by atoms with E-state index >= 15 is 0 Å². The first-order valence-electron chi connectivity index (χ1n) is 14.2. The minimum Gasteiger partial charge on any atom is -0.450 e. The van der Waals surface area contributed by atoms with E-state index in [4.69, 9.17) is 24.3 Å². The monoisotopic (exact) mass is 661 g/mol. The van der Waals surface area contributed by atoms with Gasteiger partial charge in [0.2, 0.25) is 23.6 Å². The van der Waals surface area contributed by atoms with Crippen LogP contribution in [0.1, 0.15) is 67.4 Å². The quantitative estimate of drug-likeness (QED) is 0.106. The molecular weight excluding hydrogens is 610 g/mol. The molecule has 8 N–H and O–H groups in total. The Hall–Kier alpha value is -3.60. The highest BCUT2D eigenvalue weighted by Crippen LogP contribution is 2.16. The second-order valence-corrected chi connectivity index (χ2v) is 12.1. The van der Waals surface area contributed by atoms with Gasteiger partial charge in [0.25, 0.3) is 0 Å². The number of carboxylic acid groups (broad SMARTS) is 1. The Bertz CT molecular complexity index is 1100. The van der Waals surface area contributed by atoms with Gasteiger partial charge >= 0.3 is 6.16 Å². The lowest BCUT2D eigenvalue weighted by molar-refractivity contribution is -0.133. The van der Waals surface area contributed by atoms with E-state index in [-0.39, 0.29) is 38.6 Å². The Morgan fingerprint density at radius 3 is 1.91 bits per heavy atom. The average Bonchev–Trinajstić information content (AvgIpc) is 2.92. The molecule has 1 aromatic carbocycles. The Balaban J connectivity index is 0. The molecule has 0 bridgehead atoms. The molecule has 0 aliphatic rings. The Labute approximate surface area is 268 Å². The van der Waals surface area contributed by atoms with Gasteiger partial charge in [-0.3, -0.25) is 19.2 Å². The van der Waals surface area contributed by atoms with Gasteiger partial charge in [0.1, 0.15) is 23.7 Å². The van der Waals surface area contributed by atoms with E-state index in [1.807, 2.05) is 27.7 Å². The zero-order chi connectivity index (χ0) is 35.4. The van der Waals surface area contributed by atoms with Gasteiger partial charge in [-0.1, -0.05) is 39.8 Å². The number of amides is 4. The maximum atomic E-state index is 12.6. The summed E-state index contributed by atoms with van der Waals surface area (Å²) in [5.41, 5.74) is 5.62. The molecule has 0 saturated heterocycles.